The molecular formula is C36H29N6NaO10S3+2. The van der Waals surface area contributed by atoms with Gasteiger partial charge in [0, 0.05) is 38.5 Å². The van der Waals surface area contributed by atoms with Crippen LogP contribution in [0, 0.1) is 0 Å². The number of benzene rings is 6. The zero-order valence-electron chi connectivity index (χ0n) is 29.3. The van der Waals surface area contributed by atoms with E-state index in [1.165, 1.54) is 24.3 Å². The Balaban J connectivity index is 0.00000300. The quantitative estimate of drug-likeness (QED) is 0.0491. The second kappa shape index (κ2) is 16.1. The number of hydrogen-bond acceptors (Lipinski definition) is 12. The van der Waals surface area contributed by atoms with E-state index < -0.39 is 56.5 Å². The van der Waals surface area contributed by atoms with Gasteiger partial charge in [-0.3, -0.25) is 23.9 Å². The van der Waals surface area contributed by atoms with Crippen LogP contribution in [0.4, 0.5) is 28.4 Å². The van der Waals surface area contributed by atoms with Crippen LogP contribution < -0.4 is 46.5 Å². The number of allylic oxidation sites excluding steroid dienone is 1. The topological polar surface area (TPSA) is 278 Å². The maximum Gasteiger partial charge on any atom is 1.00 e. The number of carbonyl (C=O) groups excluding carboxylic acids is 1. The Kier molecular flexibility index (Phi) is 12.1. The van der Waals surface area contributed by atoms with E-state index in [2.05, 4.69) is 26.1 Å². The second-order valence-electron chi connectivity index (χ2n) is 11.8. The number of fused-ring (bicyclic) bond motifs is 3. The summed E-state index contributed by atoms with van der Waals surface area (Å²) in [4.78, 5) is 11.9. The average molecular weight is 825 g/mol. The fraction of sp³-hybridized carbons (Fsp3) is 0. The summed E-state index contributed by atoms with van der Waals surface area (Å²) in [6.45, 7) is 0. The van der Waals surface area contributed by atoms with E-state index in [0.29, 0.717) is 22.1 Å². The third kappa shape index (κ3) is 8.61. The minimum atomic E-state index is -4.92. The number of nitrogens with zero attached hydrogens (tertiary/aromatic N) is 3. The van der Waals surface area contributed by atoms with Crippen LogP contribution in [-0.4, -0.2) is 50.4 Å². The van der Waals surface area contributed by atoms with Crippen LogP contribution in [-0.2, 0) is 30.4 Å². The smallest absolute Gasteiger partial charge is 0.369 e. The van der Waals surface area contributed by atoms with Crippen molar-refractivity contribution in [3.05, 3.63) is 131 Å². The summed E-state index contributed by atoms with van der Waals surface area (Å²) in [6, 6.07) is 29.1. The van der Waals surface area contributed by atoms with Crippen molar-refractivity contribution in [2.45, 2.75) is 9.79 Å². The van der Waals surface area contributed by atoms with Crippen molar-refractivity contribution in [1.29, 1.82) is 0 Å². The van der Waals surface area contributed by atoms with Crippen molar-refractivity contribution < 1.29 is 73.3 Å². The van der Waals surface area contributed by atoms with Crippen molar-refractivity contribution in [2.24, 2.45) is 15.3 Å². The number of ketones is 1. The van der Waals surface area contributed by atoms with Gasteiger partial charge in [-0.25, -0.2) is 0 Å². The molecule has 0 atom stereocenters. The Bertz CT molecular complexity index is 3000. The van der Waals surface area contributed by atoms with Gasteiger partial charge in [0.2, 0.25) is 5.78 Å². The number of azo groups is 1. The first kappa shape index (κ1) is 42.0. The molecule has 9 N–H and O–H groups in total. The van der Waals surface area contributed by atoms with Crippen LogP contribution in [0.15, 0.2) is 145 Å². The van der Waals surface area contributed by atoms with Gasteiger partial charge in [0.05, 0.1) is 22.0 Å². The van der Waals surface area contributed by atoms with Gasteiger partial charge in [0.1, 0.15) is 9.80 Å². The fourth-order valence-electron chi connectivity index (χ4n) is 5.86. The normalized spacial score (nSPS) is 13.9. The first-order chi connectivity index (χ1) is 25.6. The summed E-state index contributed by atoms with van der Waals surface area (Å²) >= 11 is 0. The van der Waals surface area contributed by atoms with Gasteiger partial charge >= 0.3 is 29.6 Å². The molecule has 0 amide bonds. The molecule has 0 heterocycles. The summed E-state index contributed by atoms with van der Waals surface area (Å²) in [6.07, 6.45) is 1.16. The van der Waals surface area contributed by atoms with Gasteiger partial charge < -0.3 is 11.5 Å². The molecule has 0 fully saturated rings. The Hall–Kier alpha value is -5.19. The van der Waals surface area contributed by atoms with E-state index >= 15 is 0 Å². The molecule has 7 rings (SSSR count). The molecule has 0 spiro atoms. The second-order valence-corrected chi connectivity index (χ2v) is 16.0. The van der Waals surface area contributed by atoms with Crippen LogP contribution in [0.1, 0.15) is 15.9 Å². The molecule has 16 nitrogen and oxygen atoms in total. The average Bonchev–Trinajstić information content (AvgIpc) is 3.12. The van der Waals surface area contributed by atoms with Gasteiger partial charge in [-0.2, -0.15) is 30.4 Å². The van der Waals surface area contributed by atoms with Gasteiger partial charge in [-0.1, -0.05) is 48.5 Å². The number of nitrogens with one attached hydrogen (secondary N) is 2. The standard InChI is InChI=1S/C36H25N5O10S3.H3N.Na/c42-36-25-12-10-23(37-22-6-2-1-3-7-22)18-21(25)19-34(54(49,50)51)35(36)41-40-31-15-14-30(26-8-4-5-9-27(26)31)38-39-32-16-17-33(53(46,47)48)28-13-11-24(20-29(28)32)52(43,44)45;;/h1-20,37,40H,(H,43,44,45)(H,46,47,48)(H,49,50,51);1H3;/q;;+1/p+1/b39-38?,41-35-;;. The van der Waals surface area contributed by atoms with Crippen LogP contribution in [0.25, 0.3) is 27.6 Å². The largest absolute Gasteiger partial charge is 1.00 e. The Morgan fingerprint density at radius 1 is 0.571 bits per heavy atom. The van der Waals surface area contributed by atoms with Crippen molar-refractivity contribution >= 4 is 97.9 Å². The molecule has 0 saturated carbocycles. The number of carbonyl (C=O) groups is 1. The van der Waals surface area contributed by atoms with E-state index in [1.54, 1.807) is 36.4 Å². The molecule has 20 heteroatoms. The first-order valence-corrected chi connectivity index (χ1v) is 19.9. The van der Waals surface area contributed by atoms with E-state index in [1.807, 2.05) is 30.3 Å². The number of Topliss-reactive ketones (excluding diaryl/α,β-unsaturated/α-hetero) is 1. The third-order valence-electron chi connectivity index (χ3n) is 8.33. The zero-order valence-corrected chi connectivity index (χ0v) is 33.8. The maximum atomic E-state index is 13.6. The summed E-state index contributed by atoms with van der Waals surface area (Å²) in [7, 11) is -14.3. The zero-order chi connectivity index (χ0) is 38.4. The van der Waals surface area contributed by atoms with Crippen LogP contribution in [0.3, 0.4) is 0 Å². The van der Waals surface area contributed by atoms with Crippen molar-refractivity contribution in [1.82, 2.24) is 6.15 Å². The third-order valence-corrected chi connectivity index (χ3v) is 11.0. The summed E-state index contributed by atoms with van der Waals surface area (Å²) in [5.41, 5.74) is 4.53. The minimum absolute atomic E-state index is 0. The predicted molar refractivity (Wildman–Crippen MR) is 209 cm³/mol. The fourth-order valence-corrected chi connectivity index (χ4v) is 7.72. The van der Waals surface area contributed by atoms with Gasteiger partial charge in [-0.15, -0.1) is 10.2 Å². The molecule has 1 aliphatic rings. The molecule has 0 aromatic heterocycles. The van der Waals surface area contributed by atoms with Crippen LogP contribution in [0.2, 0.25) is 0 Å². The molecule has 6 aromatic rings. The minimum Gasteiger partial charge on any atom is -0.369 e. The van der Waals surface area contributed by atoms with E-state index in [4.69, 9.17) is 0 Å². The SMILES string of the molecule is O=C1/C(=N\Nc2ccc(N=Nc3ccc(S(=O)(=O)O)c4ccc(S(=O)(=O)O)cc34)c3ccccc23)C(S(=O)(=O)O)=Cc2cc(Nc3ccccc3)ccc21.[NH4+].[Na+]. The van der Waals surface area contributed by atoms with E-state index in [0.717, 1.165) is 36.0 Å². The molecular weight excluding hydrogens is 796 g/mol. The van der Waals surface area contributed by atoms with E-state index in [9.17, 15) is 43.7 Å². The molecule has 6 aromatic carbocycles. The number of quaternary nitrogens is 1. The van der Waals surface area contributed by atoms with Crippen LogP contribution in [0.5, 0.6) is 0 Å². The number of hydrazone groups is 1. The Morgan fingerprint density at radius 3 is 1.88 bits per heavy atom. The van der Waals surface area contributed by atoms with Crippen molar-refractivity contribution in [2.75, 3.05) is 10.7 Å². The summed E-state index contributed by atoms with van der Waals surface area (Å²) in [5.74, 6) is -0.752. The molecule has 1 aliphatic carbocycles. The Labute approximate surface area is 342 Å². The van der Waals surface area contributed by atoms with Gasteiger partial charge in [0.25, 0.3) is 30.4 Å². The van der Waals surface area contributed by atoms with Gasteiger partial charge in [0.15, 0.2) is 5.71 Å². The predicted octanol–water partition coefficient (Wildman–Crippen LogP) is 4.92. The number of rotatable bonds is 9. The summed E-state index contributed by atoms with van der Waals surface area (Å²) < 4.78 is 102. The molecule has 0 aliphatic heterocycles. The summed E-state index contributed by atoms with van der Waals surface area (Å²) in [5, 5.41) is 16.7. The number of hydrogen-bond donors (Lipinski definition) is 6. The number of anilines is 3. The van der Waals surface area contributed by atoms with Gasteiger partial charge in [-0.05, 0) is 78.4 Å². The van der Waals surface area contributed by atoms with E-state index in [-0.39, 0.29) is 69.0 Å². The Morgan fingerprint density at radius 2 is 1.21 bits per heavy atom. The molecule has 0 bridgehead atoms. The van der Waals surface area contributed by atoms with Crippen molar-refractivity contribution in [3.63, 3.8) is 0 Å². The molecule has 56 heavy (non-hydrogen) atoms. The first-order valence-electron chi connectivity index (χ1n) is 15.6. The maximum absolute atomic E-state index is 13.6. The molecule has 0 radical (unpaired) electrons. The molecule has 280 valence electrons. The molecule has 0 unspecified atom stereocenters. The van der Waals surface area contributed by atoms with Crippen LogP contribution >= 0.6 is 0 Å². The monoisotopic (exact) mass is 824 g/mol. The number of para-hydroxylation sites is 1. The van der Waals surface area contributed by atoms with Crippen molar-refractivity contribution in [3.8, 4) is 0 Å². The molecule has 0 saturated heterocycles.